The first-order valence-electron chi connectivity index (χ1n) is 15.3. The number of para-hydroxylation sites is 1. The summed E-state index contributed by atoms with van der Waals surface area (Å²) in [6, 6.07) is 18.4. The van der Waals surface area contributed by atoms with Gasteiger partial charge in [-0.1, -0.05) is 73.4 Å². The van der Waals surface area contributed by atoms with Crippen molar-refractivity contribution < 1.29 is 13.9 Å². The van der Waals surface area contributed by atoms with Gasteiger partial charge in [0.05, 0.1) is 24.1 Å². The number of benzodiazepines with no additional fused rings is 1. The van der Waals surface area contributed by atoms with Gasteiger partial charge in [-0.15, -0.1) is 5.10 Å². The van der Waals surface area contributed by atoms with Crippen LogP contribution in [0.2, 0.25) is 0 Å². The van der Waals surface area contributed by atoms with E-state index < -0.39 is 6.17 Å². The number of nitrogens with zero attached hydrogens (tertiary/aromatic N) is 4. The molecule has 2 aromatic carbocycles. The van der Waals surface area contributed by atoms with Crippen molar-refractivity contribution in [2.75, 3.05) is 30.8 Å². The summed E-state index contributed by atoms with van der Waals surface area (Å²) in [7, 11) is 2.25. The minimum Gasteiger partial charge on any atom is -0.408 e. The van der Waals surface area contributed by atoms with Gasteiger partial charge in [-0.2, -0.15) is 0 Å². The second-order valence-electron chi connectivity index (χ2n) is 12.0. The SMILES string of the molecule is CC(COC(C)C)CN(C)C1CCCC(c2nnc(N[C@H]3N=C(c4ccccc4)c4ccccc4NC3=O)o2)CCC1. The molecule has 5 rings (SSSR count). The van der Waals surface area contributed by atoms with Crippen LogP contribution in [-0.4, -0.2) is 65.2 Å². The molecule has 1 saturated carbocycles. The molecule has 1 amide bonds. The summed E-state index contributed by atoms with van der Waals surface area (Å²) in [4.78, 5) is 20.5. The van der Waals surface area contributed by atoms with Crippen LogP contribution in [0.1, 0.15) is 82.2 Å². The Balaban J connectivity index is 1.21. The fourth-order valence-electron chi connectivity index (χ4n) is 5.98. The third kappa shape index (κ3) is 7.63. The van der Waals surface area contributed by atoms with Crippen LogP contribution in [0.15, 0.2) is 64.0 Å². The lowest BCUT2D eigenvalue weighted by atomic mass is 9.88. The van der Waals surface area contributed by atoms with Crippen molar-refractivity contribution in [2.24, 2.45) is 10.9 Å². The van der Waals surface area contributed by atoms with Gasteiger partial charge in [0.25, 0.3) is 5.91 Å². The van der Waals surface area contributed by atoms with Crippen molar-refractivity contribution in [2.45, 2.75) is 83.5 Å². The Bertz CT molecular complexity index is 1330. The molecule has 1 aromatic heterocycles. The molecule has 42 heavy (non-hydrogen) atoms. The molecule has 9 nitrogen and oxygen atoms in total. The predicted molar refractivity (Wildman–Crippen MR) is 166 cm³/mol. The summed E-state index contributed by atoms with van der Waals surface area (Å²) in [5.41, 5.74) is 3.24. The third-order valence-electron chi connectivity index (χ3n) is 8.16. The van der Waals surface area contributed by atoms with Gasteiger partial charge in [-0.3, -0.25) is 4.79 Å². The minimum absolute atomic E-state index is 0.213. The topological polar surface area (TPSA) is 105 Å². The van der Waals surface area contributed by atoms with Crippen molar-refractivity contribution in [1.82, 2.24) is 15.1 Å². The number of carbonyl (C=O) groups excluding carboxylic acids is 1. The Hall–Kier alpha value is -3.56. The molecule has 1 aliphatic carbocycles. The summed E-state index contributed by atoms with van der Waals surface area (Å²) in [5.74, 6) is 1.08. The van der Waals surface area contributed by atoms with Gasteiger partial charge in [-0.25, -0.2) is 4.99 Å². The van der Waals surface area contributed by atoms with Crippen molar-refractivity contribution in [3.8, 4) is 0 Å². The van der Waals surface area contributed by atoms with Gasteiger partial charge in [0.2, 0.25) is 12.1 Å². The maximum atomic E-state index is 13.2. The number of amides is 1. The Morgan fingerprint density at radius 3 is 2.45 bits per heavy atom. The second-order valence-corrected chi connectivity index (χ2v) is 12.0. The Kier molecular flexibility index (Phi) is 10.0. The summed E-state index contributed by atoms with van der Waals surface area (Å²) < 4.78 is 11.9. The molecular formula is C33H44N6O3. The van der Waals surface area contributed by atoms with Crippen LogP contribution in [0.25, 0.3) is 0 Å². The van der Waals surface area contributed by atoms with E-state index in [-0.39, 0.29) is 23.9 Å². The van der Waals surface area contributed by atoms with Crippen LogP contribution in [0.4, 0.5) is 11.7 Å². The van der Waals surface area contributed by atoms with E-state index in [2.05, 4.69) is 53.5 Å². The number of anilines is 2. The maximum absolute atomic E-state index is 13.2. The van der Waals surface area contributed by atoms with Crippen LogP contribution >= 0.6 is 0 Å². The molecule has 1 fully saturated rings. The highest BCUT2D eigenvalue weighted by Gasteiger charge is 2.29. The average Bonchev–Trinajstić information content (AvgIpc) is 3.37. The first kappa shape index (κ1) is 29.9. The number of fused-ring (bicyclic) bond motifs is 1. The summed E-state index contributed by atoms with van der Waals surface area (Å²) in [5, 5.41) is 14.7. The minimum atomic E-state index is -0.914. The highest BCUT2D eigenvalue weighted by Crippen LogP contribution is 2.32. The quantitative estimate of drug-likeness (QED) is 0.303. The molecule has 2 N–H and O–H groups in total. The molecule has 0 radical (unpaired) electrons. The normalized spacial score (nSPS) is 22.0. The van der Waals surface area contributed by atoms with Crippen LogP contribution in [0.5, 0.6) is 0 Å². The zero-order chi connectivity index (χ0) is 29.5. The summed E-state index contributed by atoms with van der Waals surface area (Å²) >= 11 is 0. The number of hydrogen-bond donors (Lipinski definition) is 2. The summed E-state index contributed by atoms with van der Waals surface area (Å²) in [6.07, 6.45) is 5.90. The van der Waals surface area contributed by atoms with Gasteiger partial charge >= 0.3 is 6.01 Å². The zero-order valence-electron chi connectivity index (χ0n) is 25.3. The lowest BCUT2D eigenvalue weighted by Crippen LogP contribution is -2.37. The maximum Gasteiger partial charge on any atom is 0.317 e. The van der Waals surface area contributed by atoms with Gasteiger partial charge in [0.1, 0.15) is 0 Å². The molecule has 2 heterocycles. The number of hydrogen-bond acceptors (Lipinski definition) is 8. The molecule has 9 heteroatoms. The fraction of sp³-hybridized carbons (Fsp3) is 0.515. The van der Waals surface area contributed by atoms with Crippen LogP contribution < -0.4 is 10.6 Å². The molecule has 0 saturated heterocycles. The molecule has 3 aromatic rings. The highest BCUT2D eigenvalue weighted by molar-refractivity contribution is 6.19. The highest BCUT2D eigenvalue weighted by atomic mass is 16.5. The molecule has 2 atom stereocenters. The number of ether oxygens (including phenoxy) is 1. The van der Waals surface area contributed by atoms with Crippen LogP contribution in [-0.2, 0) is 9.53 Å². The van der Waals surface area contributed by atoms with E-state index in [1.165, 1.54) is 0 Å². The smallest absolute Gasteiger partial charge is 0.317 e. The standard InChI is InChI=1S/C33H44N6O3/c1-22(2)41-21-23(3)20-39(4)26-16-10-14-25(15-11-17-26)32-37-38-33(42-32)36-30-31(40)34-28-19-9-8-18-27(28)29(35-30)24-12-6-5-7-13-24/h5-9,12-13,18-19,22-23,25-26,30H,10-11,14-17,20-21H2,1-4H3,(H,34,40)(H,36,38)/t23?,25?,26?,30-/m1/s1. The molecular weight excluding hydrogens is 528 g/mol. The third-order valence-corrected chi connectivity index (χ3v) is 8.16. The number of benzene rings is 2. The Morgan fingerprint density at radius 2 is 1.71 bits per heavy atom. The van der Waals surface area contributed by atoms with E-state index in [4.69, 9.17) is 14.1 Å². The van der Waals surface area contributed by atoms with Crippen LogP contribution in [0.3, 0.4) is 0 Å². The van der Waals surface area contributed by atoms with Gasteiger partial charge < -0.3 is 24.7 Å². The van der Waals surface area contributed by atoms with E-state index in [1.54, 1.807) is 0 Å². The average molecular weight is 573 g/mol. The number of nitrogens with one attached hydrogen (secondary N) is 2. The first-order valence-corrected chi connectivity index (χ1v) is 15.3. The predicted octanol–water partition coefficient (Wildman–Crippen LogP) is 6.10. The number of carbonyl (C=O) groups is 1. The number of aromatic nitrogens is 2. The van der Waals surface area contributed by atoms with E-state index in [9.17, 15) is 4.79 Å². The number of rotatable bonds is 10. The molecule has 1 unspecified atom stereocenters. The molecule has 0 bridgehead atoms. The zero-order valence-corrected chi connectivity index (χ0v) is 25.3. The van der Waals surface area contributed by atoms with Crippen molar-refractivity contribution >= 4 is 23.3 Å². The molecule has 2 aliphatic rings. The van der Waals surface area contributed by atoms with Gasteiger partial charge in [0.15, 0.2) is 0 Å². The first-order chi connectivity index (χ1) is 20.4. The number of aliphatic imine (C=N–C) groups is 1. The summed E-state index contributed by atoms with van der Waals surface area (Å²) in [6.45, 7) is 8.30. The monoisotopic (exact) mass is 572 g/mol. The van der Waals surface area contributed by atoms with Crippen molar-refractivity contribution in [1.29, 1.82) is 0 Å². The van der Waals surface area contributed by atoms with Crippen molar-refractivity contribution in [3.05, 3.63) is 71.6 Å². The Labute approximate surface area is 249 Å². The Morgan fingerprint density at radius 1 is 1.00 bits per heavy atom. The fourth-order valence-corrected chi connectivity index (χ4v) is 5.98. The largest absolute Gasteiger partial charge is 0.408 e. The van der Waals surface area contributed by atoms with Crippen molar-refractivity contribution in [3.63, 3.8) is 0 Å². The van der Waals surface area contributed by atoms with E-state index in [1.807, 2.05) is 54.6 Å². The van der Waals surface area contributed by atoms with Gasteiger partial charge in [-0.05, 0) is 58.6 Å². The lowest BCUT2D eigenvalue weighted by Gasteiger charge is -2.32. The van der Waals surface area contributed by atoms with E-state index >= 15 is 0 Å². The van der Waals surface area contributed by atoms with E-state index in [0.717, 1.165) is 74.2 Å². The molecule has 0 spiro atoms. The van der Waals surface area contributed by atoms with E-state index in [0.29, 0.717) is 17.9 Å². The van der Waals surface area contributed by atoms with Gasteiger partial charge in [0, 0.05) is 29.6 Å². The molecule has 224 valence electrons. The van der Waals surface area contributed by atoms with Crippen LogP contribution in [0, 0.1) is 5.92 Å². The molecule has 1 aliphatic heterocycles. The second kappa shape index (κ2) is 14.1. The lowest BCUT2D eigenvalue weighted by molar-refractivity contribution is -0.116.